The smallest absolute Gasteiger partial charge is 0.242 e. The van der Waals surface area contributed by atoms with Crippen molar-refractivity contribution in [2.24, 2.45) is 0 Å². The summed E-state index contributed by atoms with van der Waals surface area (Å²) < 4.78 is 26.9. The van der Waals surface area contributed by atoms with Crippen LogP contribution in [0.5, 0.6) is 0 Å². The van der Waals surface area contributed by atoms with Crippen LogP contribution in [0.3, 0.4) is 0 Å². The lowest BCUT2D eigenvalue weighted by Gasteiger charge is -2.11. The highest BCUT2D eigenvalue weighted by Gasteiger charge is 2.21. The molecule has 21 heavy (non-hydrogen) atoms. The Morgan fingerprint density at radius 2 is 1.95 bits per heavy atom. The lowest BCUT2D eigenvalue weighted by atomic mass is 10.2. The van der Waals surface area contributed by atoms with Crippen LogP contribution in [-0.4, -0.2) is 18.5 Å². The molecule has 112 valence electrons. The average Bonchev–Trinajstić information content (AvgIpc) is 2.46. The van der Waals surface area contributed by atoms with Gasteiger partial charge >= 0.3 is 0 Å². The van der Waals surface area contributed by atoms with Crippen molar-refractivity contribution in [3.63, 3.8) is 0 Å². The Morgan fingerprint density at radius 1 is 1.19 bits per heavy atom. The molecule has 0 radical (unpaired) electrons. The van der Waals surface area contributed by atoms with E-state index in [-0.39, 0.29) is 27.0 Å². The van der Waals surface area contributed by atoms with E-state index in [1.165, 1.54) is 12.1 Å². The quantitative estimate of drug-likeness (QED) is 0.870. The van der Waals surface area contributed by atoms with Crippen molar-refractivity contribution in [3.8, 4) is 0 Å². The maximum atomic E-state index is 12.3. The van der Waals surface area contributed by atoms with E-state index in [0.717, 1.165) is 0 Å². The lowest BCUT2D eigenvalue weighted by Crippen LogP contribution is -2.24. The number of aromatic nitrogens is 1. The fourth-order valence-electron chi connectivity index (χ4n) is 1.68. The van der Waals surface area contributed by atoms with Crippen LogP contribution >= 0.6 is 23.2 Å². The van der Waals surface area contributed by atoms with E-state index in [4.69, 9.17) is 23.2 Å². The standard InChI is InChI=1S/C13H12Cl2N2O3S/c14-11-4-5-12(13(15)10(11)8-18)21(19,20)17-7-9-3-1-2-6-16-9/h1-6,17-18H,7-8H2. The molecule has 0 fully saturated rings. The summed E-state index contributed by atoms with van der Waals surface area (Å²) in [6.45, 7) is -0.405. The molecule has 0 unspecified atom stereocenters. The monoisotopic (exact) mass is 346 g/mol. The van der Waals surface area contributed by atoms with Gasteiger partial charge in [0.05, 0.1) is 23.9 Å². The molecule has 0 saturated carbocycles. The van der Waals surface area contributed by atoms with Gasteiger partial charge < -0.3 is 5.11 Å². The second-order valence-electron chi connectivity index (χ2n) is 4.14. The third-order valence-corrected chi connectivity index (χ3v) is 5.11. The third kappa shape index (κ3) is 3.72. The summed E-state index contributed by atoms with van der Waals surface area (Å²) >= 11 is 11.9. The van der Waals surface area contributed by atoms with Gasteiger partial charge in [-0.25, -0.2) is 13.1 Å². The summed E-state index contributed by atoms with van der Waals surface area (Å²) in [5.41, 5.74) is 0.757. The molecule has 0 aliphatic rings. The van der Waals surface area contributed by atoms with Crippen molar-refractivity contribution in [2.45, 2.75) is 18.0 Å². The van der Waals surface area contributed by atoms with E-state index >= 15 is 0 Å². The predicted molar refractivity (Wildman–Crippen MR) is 80.6 cm³/mol. The molecule has 2 rings (SSSR count). The molecule has 2 aromatic rings. The van der Waals surface area contributed by atoms with Crippen LogP contribution < -0.4 is 4.72 Å². The number of halogens is 2. The second kappa shape index (κ2) is 6.72. The molecular formula is C13H12Cl2N2O3S. The highest BCUT2D eigenvalue weighted by Crippen LogP contribution is 2.31. The number of aliphatic hydroxyl groups is 1. The van der Waals surface area contributed by atoms with Crippen molar-refractivity contribution in [2.75, 3.05) is 0 Å². The predicted octanol–water partition coefficient (Wildman–Crippen LogP) is 2.36. The molecule has 0 amide bonds. The average molecular weight is 347 g/mol. The Bertz CT molecular complexity index is 737. The zero-order valence-corrected chi connectivity index (χ0v) is 13.1. The van der Waals surface area contributed by atoms with Crippen LogP contribution in [-0.2, 0) is 23.2 Å². The molecule has 0 atom stereocenters. The topological polar surface area (TPSA) is 79.3 Å². The number of aliphatic hydroxyl groups excluding tert-OH is 1. The Kier molecular flexibility index (Phi) is 5.18. The summed E-state index contributed by atoms with van der Waals surface area (Å²) in [7, 11) is -3.83. The Labute approximate surface area is 132 Å². The molecule has 0 aliphatic carbocycles. The normalized spacial score (nSPS) is 11.6. The number of hydrogen-bond acceptors (Lipinski definition) is 4. The van der Waals surface area contributed by atoms with E-state index in [0.29, 0.717) is 5.69 Å². The Balaban J connectivity index is 2.28. The summed E-state index contributed by atoms with van der Waals surface area (Å²) in [6.07, 6.45) is 1.57. The first-order chi connectivity index (χ1) is 9.95. The SMILES string of the molecule is O=S(=O)(NCc1ccccn1)c1ccc(Cl)c(CO)c1Cl. The van der Waals surface area contributed by atoms with Crippen LogP contribution in [0.25, 0.3) is 0 Å². The van der Waals surface area contributed by atoms with Crippen LogP contribution in [0.15, 0.2) is 41.4 Å². The van der Waals surface area contributed by atoms with Crippen molar-refractivity contribution in [1.82, 2.24) is 9.71 Å². The number of rotatable bonds is 5. The number of nitrogens with one attached hydrogen (secondary N) is 1. The van der Waals surface area contributed by atoms with Gasteiger partial charge in [-0.15, -0.1) is 0 Å². The fraction of sp³-hybridized carbons (Fsp3) is 0.154. The minimum atomic E-state index is -3.83. The second-order valence-corrected chi connectivity index (χ2v) is 6.66. The molecule has 1 heterocycles. The van der Waals surface area contributed by atoms with Gasteiger partial charge in [0, 0.05) is 16.8 Å². The first-order valence-electron chi connectivity index (χ1n) is 5.93. The molecule has 5 nitrogen and oxygen atoms in total. The highest BCUT2D eigenvalue weighted by molar-refractivity contribution is 7.89. The fourth-order valence-corrected chi connectivity index (χ4v) is 3.57. The number of benzene rings is 1. The first-order valence-corrected chi connectivity index (χ1v) is 8.17. The number of pyridine rings is 1. The van der Waals surface area contributed by atoms with Gasteiger partial charge in [0.25, 0.3) is 0 Å². The van der Waals surface area contributed by atoms with Gasteiger partial charge in [0.1, 0.15) is 4.90 Å². The highest BCUT2D eigenvalue weighted by atomic mass is 35.5. The summed E-state index contributed by atoms with van der Waals surface area (Å²) in [5, 5.41) is 9.33. The van der Waals surface area contributed by atoms with Crippen molar-refractivity contribution < 1.29 is 13.5 Å². The minimum Gasteiger partial charge on any atom is -0.392 e. The third-order valence-electron chi connectivity index (χ3n) is 2.77. The van der Waals surface area contributed by atoms with Gasteiger partial charge in [0.2, 0.25) is 10.0 Å². The molecule has 0 spiro atoms. The first kappa shape index (κ1) is 16.2. The molecule has 0 aliphatic heterocycles. The Hall–Kier alpha value is -1.18. The van der Waals surface area contributed by atoms with Crippen molar-refractivity contribution in [3.05, 3.63) is 57.8 Å². The van der Waals surface area contributed by atoms with E-state index in [9.17, 15) is 13.5 Å². The molecule has 1 aromatic heterocycles. The van der Waals surface area contributed by atoms with E-state index in [1.807, 2.05) is 0 Å². The van der Waals surface area contributed by atoms with Crippen LogP contribution in [0.1, 0.15) is 11.3 Å². The van der Waals surface area contributed by atoms with E-state index < -0.39 is 16.6 Å². The maximum Gasteiger partial charge on any atom is 0.242 e. The largest absolute Gasteiger partial charge is 0.392 e. The molecular weight excluding hydrogens is 335 g/mol. The zero-order chi connectivity index (χ0) is 15.5. The Morgan fingerprint density at radius 3 is 2.57 bits per heavy atom. The lowest BCUT2D eigenvalue weighted by molar-refractivity contribution is 0.281. The summed E-state index contributed by atoms with van der Waals surface area (Å²) in [6, 6.07) is 7.88. The van der Waals surface area contributed by atoms with E-state index in [1.54, 1.807) is 24.4 Å². The van der Waals surface area contributed by atoms with E-state index in [2.05, 4.69) is 9.71 Å². The molecule has 1 aromatic carbocycles. The van der Waals surface area contributed by atoms with Gasteiger partial charge in [-0.05, 0) is 24.3 Å². The van der Waals surface area contributed by atoms with Crippen LogP contribution in [0, 0.1) is 0 Å². The zero-order valence-electron chi connectivity index (χ0n) is 10.8. The maximum absolute atomic E-state index is 12.3. The van der Waals surface area contributed by atoms with Crippen molar-refractivity contribution in [1.29, 1.82) is 0 Å². The molecule has 2 N–H and O–H groups in total. The molecule has 0 bridgehead atoms. The number of sulfonamides is 1. The number of nitrogens with zero attached hydrogens (tertiary/aromatic N) is 1. The molecule has 0 saturated heterocycles. The molecule has 8 heteroatoms. The summed E-state index contributed by atoms with van der Waals surface area (Å²) in [4.78, 5) is 3.89. The van der Waals surface area contributed by atoms with Crippen molar-refractivity contribution >= 4 is 33.2 Å². The van der Waals surface area contributed by atoms with Gasteiger partial charge in [-0.2, -0.15) is 0 Å². The van der Waals surface area contributed by atoms with Gasteiger partial charge in [0.15, 0.2) is 0 Å². The van der Waals surface area contributed by atoms with Crippen LogP contribution in [0.2, 0.25) is 10.0 Å². The summed E-state index contributed by atoms with van der Waals surface area (Å²) in [5.74, 6) is 0. The number of hydrogen-bond donors (Lipinski definition) is 2. The van der Waals surface area contributed by atoms with Gasteiger partial charge in [-0.3, -0.25) is 4.98 Å². The minimum absolute atomic E-state index is 0.0383. The van der Waals surface area contributed by atoms with Crippen LogP contribution in [0.4, 0.5) is 0 Å². The van der Waals surface area contributed by atoms with Gasteiger partial charge in [-0.1, -0.05) is 29.3 Å².